The van der Waals surface area contributed by atoms with Crippen LogP contribution in [0.3, 0.4) is 0 Å². The average Bonchev–Trinajstić information content (AvgIpc) is 1.88. The first-order valence-corrected chi connectivity index (χ1v) is 3.01. The van der Waals surface area contributed by atoms with Crippen molar-refractivity contribution in [1.82, 2.24) is 0 Å². The normalized spacial score (nSPS) is 19.9. The summed E-state index contributed by atoms with van der Waals surface area (Å²) in [6.45, 7) is 0. The van der Waals surface area contributed by atoms with Crippen LogP contribution in [0.2, 0.25) is 0 Å². The van der Waals surface area contributed by atoms with Crippen LogP contribution in [0.1, 0.15) is 6.42 Å². The Morgan fingerprint density at radius 3 is 1.90 bits per heavy atom. The zero-order valence-corrected chi connectivity index (χ0v) is 5.23. The van der Waals surface area contributed by atoms with Crippen LogP contribution in [-0.4, -0.2) is 6.18 Å². The van der Waals surface area contributed by atoms with E-state index in [0.717, 1.165) is 0 Å². The third-order valence-corrected chi connectivity index (χ3v) is 1.34. The molecule has 0 fully saturated rings. The Labute approximate surface area is 57.0 Å². The van der Waals surface area contributed by atoms with Gasteiger partial charge in [0.15, 0.2) is 0 Å². The van der Waals surface area contributed by atoms with Gasteiger partial charge in [-0.15, -0.1) is 0 Å². The lowest BCUT2D eigenvalue weighted by molar-refractivity contribution is -0.149. The minimum atomic E-state index is -4.10. The number of rotatable bonds is 0. The molecule has 10 heavy (non-hydrogen) atoms. The van der Waals surface area contributed by atoms with Gasteiger partial charge in [-0.3, -0.25) is 0 Å². The fraction of sp³-hybridized carbons (Fsp3) is 0.429. The monoisotopic (exact) mass is 148 g/mol. The molecule has 0 spiro atoms. The van der Waals surface area contributed by atoms with Gasteiger partial charge in [0.2, 0.25) is 0 Å². The van der Waals surface area contributed by atoms with Crippen molar-refractivity contribution in [3.63, 3.8) is 0 Å². The van der Waals surface area contributed by atoms with Crippen LogP contribution < -0.4 is 0 Å². The van der Waals surface area contributed by atoms with Crippen molar-refractivity contribution in [3.05, 3.63) is 24.3 Å². The summed E-state index contributed by atoms with van der Waals surface area (Å²) in [6.07, 6.45) is 1.93. The minimum absolute atomic E-state index is 0.618. The van der Waals surface area contributed by atoms with Crippen LogP contribution in [-0.2, 0) is 0 Å². The second-order valence-corrected chi connectivity index (χ2v) is 2.16. The van der Waals surface area contributed by atoms with Crippen LogP contribution in [0.4, 0.5) is 13.2 Å². The Balaban J connectivity index is 2.64. The molecule has 1 aliphatic carbocycles. The molecule has 1 aliphatic rings. The Hall–Kier alpha value is -0.730. The summed E-state index contributed by atoms with van der Waals surface area (Å²) in [4.78, 5) is 0. The fourth-order valence-electron chi connectivity index (χ4n) is 0.811. The van der Waals surface area contributed by atoms with E-state index in [1.54, 1.807) is 0 Å². The van der Waals surface area contributed by atoms with E-state index in [1.807, 2.05) is 0 Å². The van der Waals surface area contributed by atoms with E-state index in [-0.39, 0.29) is 0 Å². The maximum atomic E-state index is 11.8. The summed E-state index contributed by atoms with van der Waals surface area (Å²) in [5, 5.41) is 0. The van der Waals surface area contributed by atoms with Gasteiger partial charge in [-0.05, 0) is 6.42 Å². The average molecular weight is 148 g/mol. The van der Waals surface area contributed by atoms with Crippen molar-refractivity contribution < 1.29 is 13.2 Å². The molecule has 0 nitrogen and oxygen atoms in total. The van der Waals surface area contributed by atoms with Crippen LogP contribution in [0.25, 0.3) is 0 Å². The predicted octanol–water partition coefficient (Wildman–Crippen LogP) is 2.68. The van der Waals surface area contributed by atoms with E-state index in [4.69, 9.17) is 0 Å². The Morgan fingerprint density at radius 2 is 1.60 bits per heavy atom. The second-order valence-electron chi connectivity index (χ2n) is 2.16. The molecule has 0 atom stereocenters. The highest BCUT2D eigenvalue weighted by Gasteiger charge is 2.35. The summed E-state index contributed by atoms with van der Waals surface area (Å²) in [6, 6.07) is 0. The molecule has 56 valence electrons. The van der Waals surface area contributed by atoms with E-state index in [0.29, 0.717) is 6.42 Å². The number of alkyl halides is 3. The van der Waals surface area contributed by atoms with E-state index < -0.39 is 12.1 Å². The van der Waals surface area contributed by atoms with Crippen molar-refractivity contribution in [2.24, 2.45) is 5.92 Å². The molecule has 1 rings (SSSR count). The third-order valence-electron chi connectivity index (χ3n) is 1.34. The zero-order chi connectivity index (χ0) is 7.61. The third kappa shape index (κ3) is 1.62. The standard InChI is InChI=1S/C7H7F3/c8-7(9,10)6-4-2-1-3-5-6/h2-6H,1H2. The van der Waals surface area contributed by atoms with Crippen molar-refractivity contribution in [3.8, 4) is 0 Å². The van der Waals surface area contributed by atoms with Crippen LogP contribution >= 0.6 is 0 Å². The maximum absolute atomic E-state index is 11.8. The van der Waals surface area contributed by atoms with Crippen LogP contribution in [0.15, 0.2) is 24.3 Å². The molecule has 0 amide bonds. The highest BCUT2D eigenvalue weighted by molar-refractivity contribution is 5.11. The summed E-state index contributed by atoms with van der Waals surface area (Å²) < 4.78 is 35.5. The Bertz CT molecular complexity index is 152. The van der Waals surface area contributed by atoms with Gasteiger partial charge in [0.25, 0.3) is 0 Å². The summed E-state index contributed by atoms with van der Waals surface area (Å²) in [5.74, 6) is -1.36. The van der Waals surface area contributed by atoms with Crippen LogP contribution in [0, 0.1) is 5.92 Å². The SMILES string of the molecule is FC(F)(F)C1C=CCC=C1. The van der Waals surface area contributed by atoms with Crippen LogP contribution in [0.5, 0.6) is 0 Å². The molecule has 0 aromatic carbocycles. The molecule has 0 aromatic rings. The number of halogens is 3. The first-order chi connectivity index (χ1) is 4.61. The van der Waals surface area contributed by atoms with Crippen molar-refractivity contribution >= 4 is 0 Å². The van der Waals surface area contributed by atoms with Gasteiger partial charge in [0.05, 0.1) is 5.92 Å². The number of hydrogen-bond donors (Lipinski definition) is 0. The molecular formula is C7H7F3. The number of allylic oxidation sites excluding steroid dienone is 4. The summed E-state index contributed by atoms with van der Waals surface area (Å²) >= 11 is 0. The van der Waals surface area contributed by atoms with Crippen molar-refractivity contribution in [2.45, 2.75) is 12.6 Å². The summed E-state index contributed by atoms with van der Waals surface area (Å²) in [7, 11) is 0. The lowest BCUT2D eigenvalue weighted by Crippen LogP contribution is -2.19. The highest BCUT2D eigenvalue weighted by atomic mass is 19.4. The van der Waals surface area contributed by atoms with E-state index in [1.165, 1.54) is 24.3 Å². The largest absolute Gasteiger partial charge is 0.398 e. The molecule has 0 heterocycles. The molecule has 0 aromatic heterocycles. The maximum Gasteiger partial charge on any atom is 0.398 e. The molecule has 0 saturated carbocycles. The Morgan fingerprint density at radius 1 is 1.10 bits per heavy atom. The predicted molar refractivity (Wildman–Crippen MR) is 32.4 cm³/mol. The molecule has 0 unspecified atom stereocenters. The lowest BCUT2D eigenvalue weighted by atomic mass is 10.0. The Kier molecular flexibility index (Phi) is 1.83. The van der Waals surface area contributed by atoms with E-state index in [9.17, 15) is 13.2 Å². The quantitative estimate of drug-likeness (QED) is 0.463. The van der Waals surface area contributed by atoms with Gasteiger partial charge >= 0.3 is 6.18 Å². The molecule has 0 aliphatic heterocycles. The van der Waals surface area contributed by atoms with Gasteiger partial charge in [-0.25, -0.2) is 0 Å². The molecule has 0 radical (unpaired) electrons. The van der Waals surface area contributed by atoms with Crippen molar-refractivity contribution in [1.29, 1.82) is 0 Å². The van der Waals surface area contributed by atoms with Gasteiger partial charge < -0.3 is 0 Å². The first-order valence-electron chi connectivity index (χ1n) is 3.01. The topological polar surface area (TPSA) is 0 Å². The van der Waals surface area contributed by atoms with E-state index >= 15 is 0 Å². The molecule has 0 bridgehead atoms. The van der Waals surface area contributed by atoms with Crippen molar-refractivity contribution in [2.75, 3.05) is 0 Å². The second kappa shape index (κ2) is 2.48. The smallest absolute Gasteiger partial charge is 0.170 e. The van der Waals surface area contributed by atoms with Gasteiger partial charge in [0.1, 0.15) is 0 Å². The zero-order valence-electron chi connectivity index (χ0n) is 5.23. The lowest BCUT2D eigenvalue weighted by Gasteiger charge is -2.14. The first kappa shape index (κ1) is 7.38. The van der Waals surface area contributed by atoms with Gasteiger partial charge in [-0.2, -0.15) is 13.2 Å². The molecule has 0 N–H and O–H groups in total. The fourth-order valence-corrected chi connectivity index (χ4v) is 0.811. The number of hydrogen-bond acceptors (Lipinski definition) is 0. The van der Waals surface area contributed by atoms with Gasteiger partial charge in [-0.1, -0.05) is 24.3 Å². The van der Waals surface area contributed by atoms with Gasteiger partial charge in [0, 0.05) is 0 Å². The highest BCUT2D eigenvalue weighted by Crippen LogP contribution is 2.29. The molecular weight excluding hydrogens is 141 g/mol. The minimum Gasteiger partial charge on any atom is -0.170 e. The van der Waals surface area contributed by atoms with E-state index in [2.05, 4.69) is 0 Å². The molecule has 0 saturated heterocycles. The molecule has 3 heteroatoms. The summed E-state index contributed by atoms with van der Waals surface area (Å²) in [5.41, 5.74) is 0.